The van der Waals surface area contributed by atoms with Crippen molar-refractivity contribution in [1.82, 2.24) is 9.97 Å². The fourth-order valence-corrected chi connectivity index (χ4v) is 2.40. The molecule has 0 spiro atoms. The Bertz CT molecular complexity index is 463. The normalized spacial score (nSPS) is 22.9. The lowest BCUT2D eigenvalue weighted by molar-refractivity contribution is 0.0231. The number of nitrogens with one attached hydrogen (secondary N) is 2. The fraction of sp³-hybridized carbons (Fsp3) is 0.714. The standard InChI is InChI=1S/C14H25N5O/c1-8(2)12-17-13(10(4)14(18-12)19-15)16-11-5-6-20-9(3)7-11/h8-9,11H,5-7,15H2,1-4H3,(H2,16,17,18,19). The number of aromatic nitrogens is 2. The van der Waals surface area contributed by atoms with E-state index in [0.29, 0.717) is 18.0 Å². The van der Waals surface area contributed by atoms with Gasteiger partial charge in [-0.2, -0.15) is 0 Å². The number of hydrogen-bond acceptors (Lipinski definition) is 6. The monoisotopic (exact) mass is 279 g/mol. The van der Waals surface area contributed by atoms with E-state index in [0.717, 1.165) is 36.7 Å². The van der Waals surface area contributed by atoms with Crippen LogP contribution in [0.5, 0.6) is 0 Å². The Kier molecular flexibility index (Phi) is 4.77. The molecule has 0 aromatic carbocycles. The highest BCUT2D eigenvalue weighted by Gasteiger charge is 2.21. The molecule has 0 aliphatic carbocycles. The van der Waals surface area contributed by atoms with Gasteiger partial charge in [-0.05, 0) is 26.7 Å². The van der Waals surface area contributed by atoms with Gasteiger partial charge in [-0.25, -0.2) is 15.8 Å². The third-order valence-electron chi connectivity index (χ3n) is 3.64. The third-order valence-corrected chi connectivity index (χ3v) is 3.64. The predicted molar refractivity (Wildman–Crippen MR) is 80.7 cm³/mol. The van der Waals surface area contributed by atoms with Crippen molar-refractivity contribution in [1.29, 1.82) is 0 Å². The molecule has 4 N–H and O–H groups in total. The molecule has 112 valence electrons. The van der Waals surface area contributed by atoms with Gasteiger partial charge in [0.2, 0.25) is 0 Å². The van der Waals surface area contributed by atoms with Gasteiger partial charge >= 0.3 is 0 Å². The Morgan fingerprint density at radius 3 is 2.60 bits per heavy atom. The second kappa shape index (κ2) is 6.37. The Morgan fingerprint density at radius 1 is 1.30 bits per heavy atom. The van der Waals surface area contributed by atoms with Crippen LogP contribution in [-0.2, 0) is 4.74 Å². The number of rotatable bonds is 4. The summed E-state index contributed by atoms with van der Waals surface area (Å²) in [5.41, 5.74) is 3.62. The molecule has 1 saturated heterocycles. The van der Waals surface area contributed by atoms with Gasteiger partial charge in [0.1, 0.15) is 17.5 Å². The Labute approximate surface area is 120 Å². The molecule has 2 atom stereocenters. The SMILES string of the molecule is Cc1c(NN)nc(C(C)C)nc1NC1CCOC(C)C1. The number of nitrogens with zero attached hydrogens (tertiary/aromatic N) is 2. The number of hydrogen-bond donors (Lipinski definition) is 3. The molecule has 6 heteroatoms. The van der Waals surface area contributed by atoms with E-state index < -0.39 is 0 Å². The molecule has 1 aliphatic rings. The topological polar surface area (TPSA) is 85.1 Å². The predicted octanol–water partition coefficient (Wildman–Crippen LogP) is 2.17. The van der Waals surface area contributed by atoms with Gasteiger partial charge in [0.25, 0.3) is 0 Å². The molecule has 0 bridgehead atoms. The molecule has 1 fully saturated rings. The molecule has 20 heavy (non-hydrogen) atoms. The number of nitrogen functional groups attached to an aromatic ring is 1. The maximum Gasteiger partial charge on any atom is 0.148 e. The van der Waals surface area contributed by atoms with Gasteiger partial charge in [0, 0.05) is 24.1 Å². The van der Waals surface area contributed by atoms with Crippen molar-refractivity contribution in [3.8, 4) is 0 Å². The summed E-state index contributed by atoms with van der Waals surface area (Å²) in [6.45, 7) is 9.02. The smallest absolute Gasteiger partial charge is 0.148 e. The van der Waals surface area contributed by atoms with Crippen molar-refractivity contribution < 1.29 is 4.74 Å². The number of hydrazine groups is 1. The minimum Gasteiger partial charge on any atom is -0.378 e. The zero-order valence-corrected chi connectivity index (χ0v) is 12.7. The zero-order chi connectivity index (χ0) is 14.7. The highest BCUT2D eigenvalue weighted by molar-refractivity contribution is 5.57. The van der Waals surface area contributed by atoms with Gasteiger partial charge in [-0.15, -0.1) is 0 Å². The molecule has 2 rings (SSSR count). The third kappa shape index (κ3) is 3.37. The maximum atomic E-state index is 5.58. The second-order valence-corrected chi connectivity index (χ2v) is 5.75. The summed E-state index contributed by atoms with van der Waals surface area (Å²) in [5.74, 6) is 8.17. The van der Waals surface area contributed by atoms with Crippen molar-refractivity contribution in [2.75, 3.05) is 17.3 Å². The van der Waals surface area contributed by atoms with Gasteiger partial charge in [-0.1, -0.05) is 13.8 Å². The first-order valence-electron chi connectivity index (χ1n) is 7.24. The lowest BCUT2D eigenvalue weighted by Crippen LogP contribution is -2.33. The Balaban J connectivity index is 2.23. The highest BCUT2D eigenvalue weighted by Crippen LogP contribution is 2.25. The van der Waals surface area contributed by atoms with E-state index in [1.54, 1.807) is 0 Å². The molecule has 2 unspecified atom stereocenters. The number of ether oxygens (including phenoxy) is 1. The van der Waals surface area contributed by atoms with Crippen molar-refractivity contribution >= 4 is 11.6 Å². The maximum absolute atomic E-state index is 5.58. The minimum absolute atomic E-state index is 0.261. The zero-order valence-electron chi connectivity index (χ0n) is 12.7. The molecule has 0 saturated carbocycles. The van der Waals surface area contributed by atoms with Crippen LogP contribution in [0.25, 0.3) is 0 Å². The molecule has 1 aromatic rings. The van der Waals surface area contributed by atoms with Crippen molar-refractivity contribution in [2.24, 2.45) is 5.84 Å². The van der Waals surface area contributed by atoms with Crippen LogP contribution in [-0.4, -0.2) is 28.7 Å². The van der Waals surface area contributed by atoms with Crippen LogP contribution in [0.1, 0.15) is 50.9 Å². The van der Waals surface area contributed by atoms with Crippen LogP contribution in [0.3, 0.4) is 0 Å². The van der Waals surface area contributed by atoms with Crippen LogP contribution < -0.4 is 16.6 Å². The first-order valence-corrected chi connectivity index (χ1v) is 7.24. The van der Waals surface area contributed by atoms with Crippen LogP contribution in [0.4, 0.5) is 11.6 Å². The molecule has 0 radical (unpaired) electrons. The molecule has 1 aromatic heterocycles. The summed E-state index contributed by atoms with van der Waals surface area (Å²) in [5, 5.41) is 3.52. The fourth-order valence-electron chi connectivity index (χ4n) is 2.40. The summed E-state index contributed by atoms with van der Waals surface area (Å²) in [7, 11) is 0. The summed E-state index contributed by atoms with van der Waals surface area (Å²) < 4.78 is 5.58. The van der Waals surface area contributed by atoms with Crippen LogP contribution >= 0.6 is 0 Å². The first-order chi connectivity index (χ1) is 9.51. The quantitative estimate of drug-likeness (QED) is 0.578. The molecule has 6 nitrogen and oxygen atoms in total. The van der Waals surface area contributed by atoms with Gasteiger partial charge in [-0.3, -0.25) is 0 Å². The van der Waals surface area contributed by atoms with Gasteiger partial charge < -0.3 is 15.5 Å². The van der Waals surface area contributed by atoms with Crippen molar-refractivity contribution in [3.63, 3.8) is 0 Å². The van der Waals surface area contributed by atoms with Crippen molar-refractivity contribution in [2.45, 2.75) is 58.6 Å². The van der Waals surface area contributed by atoms with Gasteiger partial charge in [0.15, 0.2) is 0 Å². The minimum atomic E-state index is 0.261. The Hall–Kier alpha value is -1.40. The average Bonchev–Trinajstić information content (AvgIpc) is 2.41. The van der Waals surface area contributed by atoms with Crippen LogP contribution in [0.15, 0.2) is 0 Å². The second-order valence-electron chi connectivity index (χ2n) is 5.75. The molecular weight excluding hydrogens is 254 g/mol. The van der Waals surface area contributed by atoms with E-state index in [1.807, 2.05) is 6.92 Å². The summed E-state index contributed by atoms with van der Waals surface area (Å²) in [4.78, 5) is 9.09. The van der Waals surface area contributed by atoms with E-state index in [2.05, 4.69) is 41.5 Å². The summed E-state index contributed by atoms with van der Waals surface area (Å²) in [6, 6.07) is 0.387. The highest BCUT2D eigenvalue weighted by atomic mass is 16.5. The number of anilines is 2. The van der Waals surface area contributed by atoms with E-state index >= 15 is 0 Å². The lowest BCUT2D eigenvalue weighted by atomic mass is 10.0. The molecular formula is C14H25N5O. The van der Waals surface area contributed by atoms with E-state index in [-0.39, 0.29) is 5.92 Å². The lowest BCUT2D eigenvalue weighted by Gasteiger charge is -2.29. The Morgan fingerprint density at radius 2 is 2.00 bits per heavy atom. The van der Waals surface area contributed by atoms with Crippen LogP contribution in [0.2, 0.25) is 0 Å². The van der Waals surface area contributed by atoms with E-state index in [9.17, 15) is 0 Å². The first kappa shape index (κ1) is 15.0. The van der Waals surface area contributed by atoms with E-state index in [4.69, 9.17) is 10.6 Å². The van der Waals surface area contributed by atoms with Crippen LogP contribution in [0, 0.1) is 6.92 Å². The molecule has 2 heterocycles. The largest absolute Gasteiger partial charge is 0.378 e. The number of nitrogens with two attached hydrogens (primary N) is 1. The molecule has 1 aliphatic heterocycles. The van der Waals surface area contributed by atoms with Crippen molar-refractivity contribution in [3.05, 3.63) is 11.4 Å². The summed E-state index contributed by atoms with van der Waals surface area (Å²) in [6.07, 6.45) is 2.28. The molecule has 0 amide bonds. The average molecular weight is 279 g/mol. The summed E-state index contributed by atoms with van der Waals surface area (Å²) >= 11 is 0. The van der Waals surface area contributed by atoms with Gasteiger partial charge in [0.05, 0.1) is 6.10 Å². The van der Waals surface area contributed by atoms with E-state index in [1.165, 1.54) is 0 Å².